The Morgan fingerprint density at radius 2 is 1.51 bits per heavy atom. The average Bonchev–Trinajstić information content (AvgIpc) is 3.63. The van der Waals surface area contributed by atoms with Gasteiger partial charge in [0.05, 0.1) is 27.8 Å². The number of nitrogens with zero attached hydrogens (tertiary/aromatic N) is 3. The SMILES string of the molecule is CC(C)N1C2C(C)[C@]23C[C@@]2(C)[C@@H]3[N+]2(C(C)C)C2C3=CC21C1(C)[n+]2c(c4c5ccccc5oc4c4ccccc42)-c2cc(C(C)(C)C)c4ccccc4c2C31C. The zero-order valence-electron chi connectivity index (χ0n) is 34.5. The lowest BCUT2D eigenvalue weighted by Gasteiger charge is -2.57. The summed E-state index contributed by atoms with van der Waals surface area (Å²) in [6.45, 7) is 28.2. The lowest BCUT2D eigenvalue weighted by Crippen LogP contribution is -2.81. The van der Waals surface area contributed by atoms with Gasteiger partial charge in [0.1, 0.15) is 17.0 Å². The molecule has 7 aliphatic rings. The van der Waals surface area contributed by atoms with Crippen LogP contribution in [0.25, 0.3) is 54.9 Å². The number of fused-ring (bicyclic) bond motifs is 17. The van der Waals surface area contributed by atoms with Crippen LogP contribution >= 0.6 is 0 Å². The van der Waals surface area contributed by atoms with Gasteiger partial charge in [0.25, 0.3) is 0 Å². The van der Waals surface area contributed by atoms with Crippen LogP contribution in [0, 0.1) is 11.3 Å². The maximum absolute atomic E-state index is 7.02. The molecule has 4 heteroatoms. The molecule has 2 aromatic heterocycles. The van der Waals surface area contributed by atoms with Crippen LogP contribution in [0.15, 0.2) is 94.9 Å². The van der Waals surface area contributed by atoms with Crippen LogP contribution in [0.4, 0.5) is 0 Å². The van der Waals surface area contributed by atoms with Gasteiger partial charge in [0.15, 0.2) is 22.7 Å². The summed E-state index contributed by atoms with van der Waals surface area (Å²) in [6.07, 6.45) is 4.28. The van der Waals surface area contributed by atoms with Crippen LogP contribution in [0.1, 0.15) is 93.7 Å². The Morgan fingerprint density at radius 3 is 2.20 bits per heavy atom. The van der Waals surface area contributed by atoms with Gasteiger partial charge < -0.3 is 4.42 Å². The number of para-hydroxylation sites is 2. The van der Waals surface area contributed by atoms with Crippen molar-refractivity contribution in [2.75, 3.05) is 0 Å². The number of rotatable bonds is 2. The third kappa shape index (κ3) is 2.74. The number of aromatic nitrogens is 1. The first-order valence-electron chi connectivity index (χ1n) is 21.4. The van der Waals surface area contributed by atoms with Crippen LogP contribution in [-0.4, -0.2) is 50.7 Å². The molecule has 278 valence electrons. The first-order valence-corrected chi connectivity index (χ1v) is 21.4. The molecule has 3 aliphatic heterocycles. The lowest BCUT2D eigenvalue weighted by molar-refractivity contribution is -0.886. The molecule has 4 aromatic carbocycles. The first-order chi connectivity index (χ1) is 26.1. The van der Waals surface area contributed by atoms with E-state index in [0.29, 0.717) is 41.0 Å². The van der Waals surface area contributed by atoms with E-state index in [1.807, 2.05) is 0 Å². The van der Waals surface area contributed by atoms with Crippen molar-refractivity contribution in [1.82, 2.24) is 4.90 Å². The molecule has 6 aromatic rings. The van der Waals surface area contributed by atoms with Gasteiger partial charge >= 0.3 is 0 Å². The van der Waals surface area contributed by atoms with Crippen molar-refractivity contribution >= 4 is 43.6 Å². The summed E-state index contributed by atoms with van der Waals surface area (Å²) in [6, 6.07) is 32.9. The lowest BCUT2D eigenvalue weighted by atomic mass is 9.61. The van der Waals surface area contributed by atoms with Gasteiger partial charge in [0.2, 0.25) is 16.7 Å². The smallest absolute Gasteiger partial charge is 0.225 e. The first kappa shape index (κ1) is 32.1. The predicted molar refractivity (Wildman–Crippen MR) is 223 cm³/mol. The molecule has 4 aliphatic carbocycles. The Kier molecular flexibility index (Phi) is 5.13. The minimum Gasteiger partial charge on any atom is -0.455 e. The summed E-state index contributed by atoms with van der Waals surface area (Å²) in [5.74, 6) is 0.711. The molecule has 10 atom stereocenters. The van der Waals surface area contributed by atoms with Gasteiger partial charge in [-0.05, 0) is 99.0 Å². The van der Waals surface area contributed by atoms with E-state index >= 15 is 0 Å². The molecule has 0 N–H and O–H groups in total. The van der Waals surface area contributed by atoms with Gasteiger partial charge in [-0.15, -0.1) is 0 Å². The summed E-state index contributed by atoms with van der Waals surface area (Å²) in [5.41, 5.74) is 10.6. The highest BCUT2D eigenvalue weighted by Crippen LogP contribution is 2.92. The number of hydrogen-bond acceptors (Lipinski definition) is 2. The summed E-state index contributed by atoms with van der Waals surface area (Å²) in [5, 5.41) is 6.54. The maximum atomic E-state index is 7.02. The topological polar surface area (TPSA) is 20.3 Å². The molecule has 2 saturated heterocycles. The molecule has 3 saturated carbocycles. The fourth-order valence-electron chi connectivity index (χ4n) is 16.7. The van der Waals surface area contributed by atoms with Gasteiger partial charge in [0, 0.05) is 42.5 Å². The molecule has 0 amide bonds. The Labute approximate surface area is 325 Å². The monoisotopic (exact) mass is 725 g/mol. The fraction of sp³-hybridized carbons (Fsp3) is 0.471. The zero-order chi connectivity index (χ0) is 37.9. The highest BCUT2D eigenvalue weighted by Gasteiger charge is 3.08. The van der Waals surface area contributed by atoms with Crippen molar-refractivity contribution in [3.8, 4) is 11.3 Å². The van der Waals surface area contributed by atoms with E-state index in [-0.39, 0.29) is 21.9 Å². The largest absolute Gasteiger partial charge is 0.455 e. The van der Waals surface area contributed by atoms with Gasteiger partial charge in [-0.3, -0.25) is 9.38 Å². The van der Waals surface area contributed by atoms with E-state index in [9.17, 15) is 0 Å². The Balaban J connectivity index is 1.29. The molecule has 7 unspecified atom stereocenters. The number of hydrogen-bond donors (Lipinski definition) is 0. The number of furan rings is 1. The molecule has 5 heterocycles. The van der Waals surface area contributed by atoms with Crippen molar-refractivity contribution in [3.05, 3.63) is 102 Å². The second kappa shape index (κ2) is 8.77. The molecule has 5 fully saturated rings. The van der Waals surface area contributed by atoms with E-state index in [0.717, 1.165) is 17.2 Å². The highest BCUT2D eigenvalue weighted by molar-refractivity contribution is 6.19. The number of pyridine rings is 1. The predicted octanol–water partition coefficient (Wildman–Crippen LogP) is 10.7. The van der Waals surface area contributed by atoms with Gasteiger partial charge in [-0.1, -0.05) is 82.3 Å². The fourth-order valence-corrected chi connectivity index (χ4v) is 16.7. The molecule has 0 radical (unpaired) electrons. The van der Waals surface area contributed by atoms with Crippen LogP contribution < -0.4 is 4.57 Å². The van der Waals surface area contributed by atoms with Crippen molar-refractivity contribution in [2.45, 2.75) is 140 Å². The van der Waals surface area contributed by atoms with Crippen LogP contribution in [0.3, 0.4) is 0 Å². The Bertz CT molecular complexity index is 2870. The molecule has 4 nitrogen and oxygen atoms in total. The minimum atomic E-state index is -0.339. The summed E-state index contributed by atoms with van der Waals surface area (Å²) < 4.78 is 11.2. The minimum absolute atomic E-state index is 0.0442. The third-order valence-electron chi connectivity index (χ3n) is 18.3. The van der Waals surface area contributed by atoms with E-state index < -0.39 is 0 Å². The van der Waals surface area contributed by atoms with Crippen LogP contribution in [0.5, 0.6) is 0 Å². The second-order valence-electron chi connectivity index (χ2n) is 21.4. The van der Waals surface area contributed by atoms with E-state index in [1.54, 1.807) is 5.57 Å². The summed E-state index contributed by atoms with van der Waals surface area (Å²) in [4.78, 5) is 3.16. The Morgan fingerprint density at radius 1 is 0.855 bits per heavy atom. The Hall–Kier alpha value is -3.99. The van der Waals surface area contributed by atoms with Crippen molar-refractivity contribution < 1.29 is 13.5 Å². The quantitative estimate of drug-likeness (QED) is 0.0767. The average molecular weight is 726 g/mol. The second-order valence-corrected chi connectivity index (χ2v) is 21.4. The summed E-state index contributed by atoms with van der Waals surface area (Å²) in [7, 11) is 0. The molecule has 1 spiro atoms. The van der Waals surface area contributed by atoms with E-state index in [1.165, 1.54) is 65.7 Å². The molecule has 13 rings (SSSR count). The molecule has 2 bridgehead atoms. The highest BCUT2D eigenvalue weighted by atomic mass is 16.3. The van der Waals surface area contributed by atoms with Crippen LogP contribution in [-0.2, 0) is 16.4 Å². The van der Waals surface area contributed by atoms with Crippen LogP contribution in [0.2, 0.25) is 0 Å². The number of benzene rings is 4. The standard InChI is InChI=1S/C51H55N3O/c1-27(2)52-43-29(5)50(43)26-47(9)45(50)54(47,28(3)4)44-36-25-51(44,52)49(11)48(36,10)40-31-19-13-12-18-30(31)35(46(6,7)8)24-34(40)41-39-33-21-15-17-23-38(33)55-42(39)32-20-14-16-22-37(32)53(41)49/h12-25,27-29,43-45H,26H2,1-11H3/q+2/t29?,43?,44?,45-,47-,48?,49?,50+,51?,54?/m0/s1. The van der Waals surface area contributed by atoms with E-state index in [4.69, 9.17) is 4.42 Å². The van der Waals surface area contributed by atoms with Crippen molar-refractivity contribution in [3.63, 3.8) is 0 Å². The van der Waals surface area contributed by atoms with E-state index in [2.05, 4.69) is 171 Å². The molecule has 55 heavy (non-hydrogen) atoms. The molecular formula is C51H55N3O+2. The molecular weight excluding hydrogens is 671 g/mol. The zero-order valence-corrected chi connectivity index (χ0v) is 34.5. The van der Waals surface area contributed by atoms with Gasteiger partial charge in [-0.2, -0.15) is 4.57 Å². The third-order valence-corrected chi connectivity index (χ3v) is 18.3. The normalized spacial score (nSPS) is 39.9. The summed E-state index contributed by atoms with van der Waals surface area (Å²) >= 11 is 0. The van der Waals surface area contributed by atoms with Crippen molar-refractivity contribution in [1.29, 1.82) is 0 Å². The maximum Gasteiger partial charge on any atom is 0.225 e. The number of quaternary nitrogens is 1. The van der Waals surface area contributed by atoms with Crippen molar-refractivity contribution in [2.24, 2.45) is 11.3 Å². The van der Waals surface area contributed by atoms with Gasteiger partial charge in [-0.25, -0.2) is 0 Å².